The fraction of sp³-hybridized carbons (Fsp3) is 1.00. The molecule has 4 nitrogen and oxygen atoms in total. The van der Waals surface area contributed by atoms with Crippen molar-refractivity contribution in [3.63, 3.8) is 0 Å². The van der Waals surface area contributed by atoms with E-state index in [1.807, 2.05) is 0 Å². The van der Waals surface area contributed by atoms with Crippen molar-refractivity contribution in [1.82, 2.24) is 8.61 Å². The molecule has 0 aromatic carbocycles. The van der Waals surface area contributed by atoms with Crippen LogP contribution in [0.3, 0.4) is 0 Å². The van der Waals surface area contributed by atoms with E-state index in [-0.39, 0.29) is 6.04 Å². The van der Waals surface area contributed by atoms with E-state index in [0.717, 1.165) is 50.3 Å². The molecule has 2 fully saturated rings. The van der Waals surface area contributed by atoms with Crippen LogP contribution in [0.4, 0.5) is 0 Å². The zero-order valence-corrected chi connectivity index (χ0v) is 14.0. The highest BCUT2D eigenvalue weighted by Crippen LogP contribution is 2.29. The average molecular weight is 353 g/mol. The van der Waals surface area contributed by atoms with Crippen LogP contribution in [0.2, 0.25) is 0 Å². The van der Waals surface area contributed by atoms with Gasteiger partial charge in [-0.3, -0.25) is 0 Å². The quantitative estimate of drug-likeness (QED) is 0.689. The van der Waals surface area contributed by atoms with Crippen molar-refractivity contribution in [1.29, 1.82) is 0 Å². The normalized spacial score (nSPS) is 23.3. The molecule has 112 valence electrons. The Hall–Kier alpha value is 0.350. The van der Waals surface area contributed by atoms with Crippen molar-refractivity contribution >= 4 is 26.1 Å². The van der Waals surface area contributed by atoms with E-state index in [4.69, 9.17) is 0 Å². The largest absolute Gasteiger partial charge is 0.282 e. The highest BCUT2D eigenvalue weighted by Gasteiger charge is 2.37. The Morgan fingerprint density at radius 2 is 1.68 bits per heavy atom. The van der Waals surface area contributed by atoms with Crippen LogP contribution in [0.5, 0.6) is 0 Å². The molecule has 0 aromatic heterocycles. The SMILES string of the molecule is O=S(=O)(N1CCCCCC1)N(CCCBr)C1CCC1. The maximum absolute atomic E-state index is 12.8. The number of rotatable bonds is 6. The van der Waals surface area contributed by atoms with Gasteiger partial charge in [0.2, 0.25) is 0 Å². The highest BCUT2D eigenvalue weighted by molar-refractivity contribution is 9.09. The Morgan fingerprint density at radius 3 is 2.16 bits per heavy atom. The maximum Gasteiger partial charge on any atom is 0.282 e. The summed E-state index contributed by atoms with van der Waals surface area (Å²) >= 11 is 3.41. The molecule has 0 bridgehead atoms. The second-order valence-electron chi connectivity index (χ2n) is 5.56. The molecule has 2 rings (SSSR count). The molecule has 19 heavy (non-hydrogen) atoms. The zero-order chi connectivity index (χ0) is 13.7. The molecule has 0 N–H and O–H groups in total. The van der Waals surface area contributed by atoms with Crippen molar-refractivity contribution in [2.45, 2.75) is 57.4 Å². The third-order valence-corrected chi connectivity index (χ3v) is 6.83. The minimum atomic E-state index is -3.23. The van der Waals surface area contributed by atoms with E-state index >= 15 is 0 Å². The molecule has 0 atom stereocenters. The van der Waals surface area contributed by atoms with Gasteiger partial charge in [0.05, 0.1) is 0 Å². The Labute approximate surface area is 125 Å². The Balaban J connectivity index is 2.07. The number of hydrogen-bond donors (Lipinski definition) is 0. The standard InChI is InChI=1S/C13H25BrN2O2S/c14-9-6-12-16(13-7-5-8-13)19(17,18)15-10-3-1-2-4-11-15/h13H,1-12H2. The van der Waals surface area contributed by atoms with Gasteiger partial charge in [-0.15, -0.1) is 0 Å². The lowest BCUT2D eigenvalue weighted by Crippen LogP contribution is -2.51. The maximum atomic E-state index is 12.8. The fourth-order valence-electron chi connectivity index (χ4n) is 2.80. The van der Waals surface area contributed by atoms with E-state index in [0.29, 0.717) is 19.6 Å². The molecule has 1 saturated heterocycles. The van der Waals surface area contributed by atoms with Gasteiger partial charge >= 0.3 is 0 Å². The third kappa shape index (κ3) is 3.93. The number of halogens is 1. The predicted octanol–water partition coefficient (Wildman–Crippen LogP) is 2.75. The monoisotopic (exact) mass is 352 g/mol. The summed E-state index contributed by atoms with van der Waals surface area (Å²) in [6.07, 6.45) is 8.49. The summed E-state index contributed by atoms with van der Waals surface area (Å²) in [6.45, 7) is 2.08. The Morgan fingerprint density at radius 1 is 1.05 bits per heavy atom. The van der Waals surface area contributed by atoms with E-state index in [1.54, 1.807) is 8.61 Å². The minimum Gasteiger partial charge on any atom is -0.195 e. The first kappa shape index (κ1) is 15.7. The van der Waals surface area contributed by atoms with Gasteiger partial charge in [0, 0.05) is 31.0 Å². The third-order valence-electron chi connectivity index (χ3n) is 4.18. The topological polar surface area (TPSA) is 40.6 Å². The van der Waals surface area contributed by atoms with Gasteiger partial charge in [-0.2, -0.15) is 17.0 Å². The number of nitrogens with zero attached hydrogens (tertiary/aromatic N) is 2. The van der Waals surface area contributed by atoms with Gasteiger partial charge in [-0.1, -0.05) is 35.2 Å². The highest BCUT2D eigenvalue weighted by atomic mass is 79.9. The average Bonchev–Trinajstić information content (AvgIpc) is 2.60. The first-order valence-corrected chi connectivity index (χ1v) is 10.0. The van der Waals surface area contributed by atoms with Gasteiger partial charge in [-0.25, -0.2) is 0 Å². The molecule has 0 amide bonds. The Bertz CT molecular complexity index is 363. The van der Waals surface area contributed by atoms with E-state index < -0.39 is 10.2 Å². The van der Waals surface area contributed by atoms with Crippen molar-refractivity contribution in [3.05, 3.63) is 0 Å². The lowest BCUT2D eigenvalue weighted by atomic mass is 9.93. The van der Waals surface area contributed by atoms with Crippen LogP contribution in [0.15, 0.2) is 0 Å². The molecule has 0 spiro atoms. The van der Waals surface area contributed by atoms with Gasteiger partial charge in [-0.05, 0) is 32.1 Å². The van der Waals surface area contributed by atoms with Crippen LogP contribution in [0.25, 0.3) is 0 Å². The number of hydrogen-bond acceptors (Lipinski definition) is 2. The first-order chi connectivity index (χ1) is 9.16. The van der Waals surface area contributed by atoms with Crippen LogP contribution in [-0.2, 0) is 10.2 Å². The fourth-order valence-corrected chi connectivity index (χ4v) is 5.01. The molecule has 0 aromatic rings. The van der Waals surface area contributed by atoms with Gasteiger partial charge < -0.3 is 0 Å². The first-order valence-electron chi connectivity index (χ1n) is 7.49. The Kier molecular flexibility index (Phi) is 6.11. The molecule has 1 saturated carbocycles. The van der Waals surface area contributed by atoms with Crippen molar-refractivity contribution in [3.8, 4) is 0 Å². The molecule has 1 aliphatic heterocycles. The molecule has 1 aliphatic carbocycles. The van der Waals surface area contributed by atoms with Crippen LogP contribution in [0.1, 0.15) is 51.4 Å². The minimum absolute atomic E-state index is 0.257. The van der Waals surface area contributed by atoms with Crippen LogP contribution < -0.4 is 0 Å². The molecule has 2 aliphatic rings. The summed E-state index contributed by atoms with van der Waals surface area (Å²) in [5, 5.41) is 0.867. The second-order valence-corrected chi connectivity index (χ2v) is 8.23. The molecule has 6 heteroatoms. The van der Waals surface area contributed by atoms with Gasteiger partial charge in [0.15, 0.2) is 0 Å². The molecule has 0 radical (unpaired) electrons. The lowest BCUT2D eigenvalue weighted by molar-refractivity contribution is 0.204. The summed E-state index contributed by atoms with van der Waals surface area (Å²) in [7, 11) is -3.23. The summed E-state index contributed by atoms with van der Waals surface area (Å²) in [6, 6.07) is 0.257. The van der Waals surface area contributed by atoms with Crippen molar-refractivity contribution in [2.75, 3.05) is 25.0 Å². The summed E-state index contributed by atoms with van der Waals surface area (Å²) in [5.74, 6) is 0. The van der Waals surface area contributed by atoms with Crippen molar-refractivity contribution in [2.24, 2.45) is 0 Å². The van der Waals surface area contributed by atoms with E-state index in [9.17, 15) is 8.42 Å². The number of alkyl halides is 1. The smallest absolute Gasteiger partial charge is 0.195 e. The predicted molar refractivity (Wildman–Crippen MR) is 81.7 cm³/mol. The summed E-state index contributed by atoms with van der Waals surface area (Å²) in [4.78, 5) is 0. The van der Waals surface area contributed by atoms with Crippen LogP contribution in [0, 0.1) is 0 Å². The molecular weight excluding hydrogens is 328 g/mol. The lowest BCUT2D eigenvalue weighted by Gasteiger charge is -2.39. The molecular formula is C13H25BrN2O2S. The van der Waals surface area contributed by atoms with E-state index in [1.165, 1.54) is 6.42 Å². The zero-order valence-electron chi connectivity index (χ0n) is 11.6. The summed E-state index contributed by atoms with van der Waals surface area (Å²) < 4.78 is 29.1. The van der Waals surface area contributed by atoms with Crippen LogP contribution >= 0.6 is 15.9 Å². The van der Waals surface area contributed by atoms with Crippen molar-refractivity contribution < 1.29 is 8.42 Å². The van der Waals surface area contributed by atoms with Gasteiger partial charge in [0.1, 0.15) is 0 Å². The molecule has 0 unspecified atom stereocenters. The summed E-state index contributed by atoms with van der Waals surface area (Å²) in [5.41, 5.74) is 0. The van der Waals surface area contributed by atoms with Gasteiger partial charge in [0.25, 0.3) is 10.2 Å². The second kappa shape index (κ2) is 7.38. The molecule has 1 heterocycles. The van der Waals surface area contributed by atoms with E-state index in [2.05, 4.69) is 15.9 Å². The van der Waals surface area contributed by atoms with Crippen LogP contribution in [-0.4, -0.2) is 48.0 Å².